The van der Waals surface area contributed by atoms with E-state index in [-0.39, 0.29) is 5.54 Å². The van der Waals surface area contributed by atoms with Crippen LogP contribution < -0.4 is 10.2 Å². The van der Waals surface area contributed by atoms with Crippen molar-refractivity contribution in [3.05, 3.63) is 29.8 Å². The van der Waals surface area contributed by atoms with Crippen LogP contribution in [0.15, 0.2) is 24.3 Å². The first-order valence-electron chi connectivity index (χ1n) is 8.11. The Hall–Kier alpha value is -1.02. The Bertz CT molecular complexity index is 449. The number of benzene rings is 1. The third-order valence-corrected chi connectivity index (χ3v) is 4.87. The number of fused-ring (bicyclic) bond motifs is 1. The van der Waals surface area contributed by atoms with E-state index < -0.39 is 0 Å². The van der Waals surface area contributed by atoms with Gasteiger partial charge in [-0.1, -0.05) is 24.6 Å². The van der Waals surface area contributed by atoms with Gasteiger partial charge in [-0.2, -0.15) is 0 Å². The molecule has 0 bridgehead atoms. The average molecular weight is 272 g/mol. The lowest BCUT2D eigenvalue weighted by Gasteiger charge is -2.26. The molecule has 1 aliphatic heterocycles. The lowest BCUT2D eigenvalue weighted by molar-refractivity contribution is 0.424. The van der Waals surface area contributed by atoms with Crippen LogP contribution in [0.2, 0.25) is 0 Å². The topological polar surface area (TPSA) is 15.3 Å². The molecule has 1 saturated heterocycles. The second-order valence-electron chi connectivity index (χ2n) is 7.59. The lowest BCUT2D eigenvalue weighted by atomic mass is 10.0. The Morgan fingerprint density at radius 1 is 1.10 bits per heavy atom. The molecular formula is C18H28N2. The molecule has 20 heavy (non-hydrogen) atoms. The van der Waals surface area contributed by atoms with Crippen LogP contribution in [0.3, 0.4) is 0 Å². The van der Waals surface area contributed by atoms with Gasteiger partial charge in [-0.3, -0.25) is 0 Å². The molecule has 2 aliphatic rings. The van der Waals surface area contributed by atoms with Crippen molar-refractivity contribution in [1.82, 2.24) is 5.32 Å². The molecule has 2 heteroatoms. The highest BCUT2D eigenvalue weighted by Gasteiger charge is 2.36. The quantitative estimate of drug-likeness (QED) is 0.900. The smallest absolute Gasteiger partial charge is 0.0412 e. The van der Waals surface area contributed by atoms with Gasteiger partial charge in [0.25, 0.3) is 0 Å². The minimum Gasteiger partial charge on any atom is -0.371 e. The van der Waals surface area contributed by atoms with Gasteiger partial charge in [0.1, 0.15) is 0 Å². The maximum absolute atomic E-state index is 3.63. The summed E-state index contributed by atoms with van der Waals surface area (Å²) in [5.41, 5.74) is 3.08. The highest BCUT2D eigenvalue weighted by atomic mass is 15.2. The van der Waals surface area contributed by atoms with Crippen LogP contribution in [0.25, 0.3) is 0 Å². The van der Waals surface area contributed by atoms with Crippen molar-refractivity contribution in [2.24, 2.45) is 11.8 Å². The number of hydrogen-bond donors (Lipinski definition) is 1. The summed E-state index contributed by atoms with van der Waals surface area (Å²) in [4.78, 5) is 2.63. The van der Waals surface area contributed by atoms with E-state index >= 15 is 0 Å². The van der Waals surface area contributed by atoms with Gasteiger partial charge in [-0.25, -0.2) is 0 Å². The highest BCUT2D eigenvalue weighted by Crippen LogP contribution is 2.40. The molecule has 1 heterocycles. The van der Waals surface area contributed by atoms with Crippen molar-refractivity contribution in [2.45, 2.75) is 52.1 Å². The van der Waals surface area contributed by atoms with Gasteiger partial charge in [0, 0.05) is 30.9 Å². The van der Waals surface area contributed by atoms with Crippen molar-refractivity contribution in [2.75, 3.05) is 18.0 Å². The molecule has 1 saturated carbocycles. The number of anilines is 1. The fraction of sp³-hybridized carbons (Fsp3) is 0.667. The van der Waals surface area contributed by atoms with Crippen molar-refractivity contribution in [3.8, 4) is 0 Å². The molecule has 0 aromatic heterocycles. The van der Waals surface area contributed by atoms with Crippen LogP contribution in [-0.2, 0) is 6.54 Å². The molecule has 1 aromatic rings. The maximum atomic E-state index is 3.63. The van der Waals surface area contributed by atoms with Gasteiger partial charge in [0.2, 0.25) is 0 Å². The van der Waals surface area contributed by atoms with Crippen LogP contribution in [0.5, 0.6) is 0 Å². The predicted octanol–water partition coefficient (Wildman–Crippen LogP) is 3.81. The second kappa shape index (κ2) is 5.40. The Morgan fingerprint density at radius 3 is 2.40 bits per heavy atom. The molecule has 0 amide bonds. The van der Waals surface area contributed by atoms with Crippen molar-refractivity contribution < 1.29 is 0 Å². The molecule has 2 unspecified atom stereocenters. The first kappa shape index (κ1) is 13.9. The summed E-state index contributed by atoms with van der Waals surface area (Å²) < 4.78 is 0. The van der Waals surface area contributed by atoms with E-state index in [2.05, 4.69) is 55.3 Å². The van der Waals surface area contributed by atoms with Gasteiger partial charge in [-0.15, -0.1) is 0 Å². The SMILES string of the molecule is CC(C)(C)NCc1ccccc1N1CC2CCCC2C1. The van der Waals surface area contributed by atoms with E-state index in [0.29, 0.717) is 0 Å². The summed E-state index contributed by atoms with van der Waals surface area (Å²) >= 11 is 0. The lowest BCUT2D eigenvalue weighted by Crippen LogP contribution is -2.35. The predicted molar refractivity (Wildman–Crippen MR) is 86.1 cm³/mol. The minimum absolute atomic E-state index is 0.175. The molecule has 0 spiro atoms. The van der Waals surface area contributed by atoms with E-state index in [1.54, 1.807) is 0 Å². The van der Waals surface area contributed by atoms with E-state index in [4.69, 9.17) is 0 Å². The summed E-state index contributed by atoms with van der Waals surface area (Å²) in [7, 11) is 0. The summed E-state index contributed by atoms with van der Waals surface area (Å²) in [5.74, 6) is 1.91. The second-order valence-corrected chi connectivity index (χ2v) is 7.59. The van der Waals surface area contributed by atoms with Gasteiger partial charge >= 0.3 is 0 Å². The summed E-state index contributed by atoms with van der Waals surface area (Å²) in [5, 5.41) is 3.63. The molecule has 2 fully saturated rings. The van der Waals surface area contributed by atoms with Crippen LogP contribution in [0.4, 0.5) is 5.69 Å². The van der Waals surface area contributed by atoms with E-state index in [1.807, 2.05) is 0 Å². The fourth-order valence-corrected chi connectivity index (χ4v) is 3.76. The van der Waals surface area contributed by atoms with Gasteiger partial charge in [0.15, 0.2) is 0 Å². The molecule has 1 N–H and O–H groups in total. The summed E-state index contributed by atoms with van der Waals surface area (Å²) in [6.45, 7) is 10.2. The van der Waals surface area contributed by atoms with Crippen LogP contribution in [0.1, 0.15) is 45.6 Å². The number of nitrogens with one attached hydrogen (secondary N) is 1. The van der Waals surface area contributed by atoms with Gasteiger partial charge in [-0.05, 0) is 57.1 Å². The molecule has 1 aliphatic carbocycles. The zero-order valence-electron chi connectivity index (χ0n) is 13.2. The Kier molecular flexibility index (Phi) is 3.76. The zero-order chi connectivity index (χ0) is 14.2. The number of para-hydroxylation sites is 1. The summed E-state index contributed by atoms with van der Waals surface area (Å²) in [6.07, 6.45) is 4.35. The first-order valence-corrected chi connectivity index (χ1v) is 8.11. The molecule has 0 radical (unpaired) electrons. The zero-order valence-corrected chi connectivity index (χ0v) is 13.2. The number of rotatable bonds is 3. The normalized spacial score (nSPS) is 26.1. The third kappa shape index (κ3) is 3.01. The van der Waals surface area contributed by atoms with Gasteiger partial charge < -0.3 is 10.2 Å². The van der Waals surface area contributed by atoms with Crippen molar-refractivity contribution in [3.63, 3.8) is 0 Å². The molecule has 2 nitrogen and oxygen atoms in total. The largest absolute Gasteiger partial charge is 0.371 e. The minimum atomic E-state index is 0.175. The number of hydrogen-bond acceptors (Lipinski definition) is 2. The van der Waals surface area contributed by atoms with Crippen molar-refractivity contribution >= 4 is 5.69 Å². The molecule has 2 atom stereocenters. The third-order valence-electron chi connectivity index (χ3n) is 4.87. The monoisotopic (exact) mass is 272 g/mol. The Balaban J connectivity index is 1.73. The Morgan fingerprint density at radius 2 is 1.75 bits per heavy atom. The fourth-order valence-electron chi connectivity index (χ4n) is 3.76. The van der Waals surface area contributed by atoms with E-state index in [1.165, 1.54) is 43.6 Å². The van der Waals surface area contributed by atoms with Gasteiger partial charge in [0.05, 0.1) is 0 Å². The van der Waals surface area contributed by atoms with Crippen molar-refractivity contribution in [1.29, 1.82) is 0 Å². The van der Waals surface area contributed by atoms with Crippen LogP contribution in [0, 0.1) is 11.8 Å². The van der Waals surface area contributed by atoms with Crippen LogP contribution in [-0.4, -0.2) is 18.6 Å². The molecule has 1 aromatic carbocycles. The van der Waals surface area contributed by atoms with E-state index in [0.717, 1.165) is 18.4 Å². The summed E-state index contributed by atoms with van der Waals surface area (Å²) in [6, 6.07) is 8.94. The van der Waals surface area contributed by atoms with Crippen LogP contribution >= 0.6 is 0 Å². The molecular weight excluding hydrogens is 244 g/mol. The standard InChI is InChI=1S/C18H28N2/c1-18(2,3)19-11-14-7-4-5-10-17(14)20-12-15-8-6-9-16(15)13-20/h4-5,7,10,15-16,19H,6,8-9,11-13H2,1-3H3. The number of nitrogens with zero attached hydrogens (tertiary/aromatic N) is 1. The molecule has 3 rings (SSSR count). The molecule has 110 valence electrons. The highest BCUT2D eigenvalue weighted by molar-refractivity contribution is 5.54. The first-order chi connectivity index (χ1) is 9.53. The maximum Gasteiger partial charge on any atom is 0.0412 e. The average Bonchev–Trinajstić information content (AvgIpc) is 2.96. The Labute approximate surface area is 123 Å². The van der Waals surface area contributed by atoms with E-state index in [9.17, 15) is 0 Å².